The maximum atomic E-state index is 5.71. The number of furan rings is 1. The van der Waals surface area contributed by atoms with Crippen LogP contribution in [0.4, 0.5) is 0 Å². The first-order chi connectivity index (χ1) is 7.78. The molecule has 0 spiro atoms. The third-order valence-corrected chi connectivity index (χ3v) is 2.66. The zero-order valence-electron chi connectivity index (χ0n) is 9.15. The van der Waals surface area contributed by atoms with Gasteiger partial charge < -0.3 is 9.15 Å². The van der Waals surface area contributed by atoms with Crippen LogP contribution in [0, 0.1) is 6.92 Å². The smallest absolute Gasteiger partial charge is 0.153 e. The van der Waals surface area contributed by atoms with Crippen LogP contribution in [0.3, 0.4) is 0 Å². The minimum absolute atomic E-state index is 0.795. The highest BCUT2D eigenvalue weighted by Gasteiger charge is 2.08. The first-order valence-electron chi connectivity index (χ1n) is 5.12. The van der Waals surface area contributed by atoms with Crippen LogP contribution in [-0.4, -0.2) is 12.1 Å². The van der Waals surface area contributed by atoms with Gasteiger partial charge in [-0.15, -0.1) is 0 Å². The molecule has 3 nitrogen and oxygen atoms in total. The Balaban J connectivity index is 2.41. The first-order valence-corrected chi connectivity index (χ1v) is 5.12. The third-order valence-electron chi connectivity index (χ3n) is 2.66. The number of hydrogen-bond acceptors (Lipinski definition) is 3. The lowest BCUT2D eigenvalue weighted by molar-refractivity contribution is 0.414. The Labute approximate surface area is 92.7 Å². The Morgan fingerprint density at radius 1 is 1.12 bits per heavy atom. The second kappa shape index (κ2) is 3.23. The molecular weight excluding hydrogens is 202 g/mol. The van der Waals surface area contributed by atoms with Crippen molar-refractivity contribution in [2.24, 2.45) is 0 Å². The molecule has 0 aliphatic heterocycles. The lowest BCUT2D eigenvalue weighted by atomic mass is 10.2. The summed E-state index contributed by atoms with van der Waals surface area (Å²) < 4.78 is 10.9. The fraction of sp³-hybridized carbons (Fsp3) is 0.154. The van der Waals surface area contributed by atoms with E-state index in [0.717, 1.165) is 33.5 Å². The number of fused-ring (bicyclic) bond motifs is 3. The first kappa shape index (κ1) is 9.21. The van der Waals surface area contributed by atoms with Crippen molar-refractivity contribution < 1.29 is 9.15 Å². The molecule has 0 saturated heterocycles. The van der Waals surface area contributed by atoms with Gasteiger partial charge >= 0.3 is 0 Å². The maximum Gasteiger partial charge on any atom is 0.153 e. The zero-order chi connectivity index (χ0) is 11.1. The number of pyridine rings is 1. The molecule has 3 rings (SSSR count). The Morgan fingerprint density at radius 2 is 2.00 bits per heavy atom. The summed E-state index contributed by atoms with van der Waals surface area (Å²) in [5, 5.41) is 1.03. The minimum atomic E-state index is 0.795. The molecule has 0 atom stereocenters. The number of aromatic nitrogens is 1. The summed E-state index contributed by atoms with van der Waals surface area (Å²) in [6.45, 7) is 1.97. The molecule has 80 valence electrons. The molecule has 16 heavy (non-hydrogen) atoms. The van der Waals surface area contributed by atoms with Crippen LogP contribution >= 0.6 is 0 Å². The fourth-order valence-electron chi connectivity index (χ4n) is 1.85. The van der Waals surface area contributed by atoms with Crippen molar-refractivity contribution in [1.82, 2.24) is 4.98 Å². The minimum Gasteiger partial charge on any atom is -0.497 e. The van der Waals surface area contributed by atoms with E-state index in [1.807, 2.05) is 37.3 Å². The van der Waals surface area contributed by atoms with Gasteiger partial charge in [0.2, 0.25) is 0 Å². The quantitative estimate of drug-likeness (QED) is 0.622. The molecule has 0 saturated carbocycles. The maximum absolute atomic E-state index is 5.71. The van der Waals surface area contributed by atoms with Crippen LogP contribution in [0.5, 0.6) is 5.75 Å². The number of methoxy groups -OCH3 is 1. The second-order valence-electron chi connectivity index (χ2n) is 3.76. The van der Waals surface area contributed by atoms with E-state index in [1.165, 1.54) is 0 Å². The van der Waals surface area contributed by atoms with Crippen LogP contribution in [-0.2, 0) is 0 Å². The Bertz CT molecular complexity index is 670. The molecule has 1 aromatic carbocycles. The molecule has 0 aliphatic rings. The van der Waals surface area contributed by atoms with Gasteiger partial charge in [0, 0.05) is 17.1 Å². The second-order valence-corrected chi connectivity index (χ2v) is 3.76. The van der Waals surface area contributed by atoms with Crippen molar-refractivity contribution >= 4 is 22.1 Å². The average molecular weight is 213 g/mol. The number of nitrogens with zero attached hydrogens (tertiary/aromatic N) is 1. The van der Waals surface area contributed by atoms with Crippen molar-refractivity contribution in [1.29, 1.82) is 0 Å². The third kappa shape index (κ3) is 1.25. The highest BCUT2D eigenvalue weighted by atomic mass is 16.5. The standard InChI is InChI=1S/C13H11NO2/c1-8-3-6-11-13(14-8)10-5-4-9(15-2)7-12(10)16-11/h3-7H,1-2H3. The molecule has 0 amide bonds. The van der Waals surface area contributed by atoms with Gasteiger partial charge in [0.1, 0.15) is 16.8 Å². The summed E-state index contributed by atoms with van der Waals surface area (Å²) in [5.74, 6) is 0.795. The highest BCUT2D eigenvalue weighted by Crippen LogP contribution is 2.29. The lowest BCUT2D eigenvalue weighted by Crippen LogP contribution is -1.81. The molecular formula is C13H11NO2. The molecule has 0 fully saturated rings. The van der Waals surface area contributed by atoms with Crippen LogP contribution in [0.1, 0.15) is 5.69 Å². The number of rotatable bonds is 1. The van der Waals surface area contributed by atoms with E-state index >= 15 is 0 Å². The van der Waals surface area contributed by atoms with Crippen molar-refractivity contribution in [3.63, 3.8) is 0 Å². The van der Waals surface area contributed by atoms with Gasteiger partial charge in [-0.1, -0.05) is 0 Å². The van der Waals surface area contributed by atoms with E-state index < -0.39 is 0 Å². The van der Waals surface area contributed by atoms with E-state index in [0.29, 0.717) is 0 Å². The number of hydrogen-bond donors (Lipinski definition) is 0. The van der Waals surface area contributed by atoms with Gasteiger partial charge in [0.05, 0.1) is 7.11 Å². The van der Waals surface area contributed by atoms with Gasteiger partial charge in [-0.05, 0) is 31.2 Å². The number of ether oxygens (including phenoxy) is 1. The van der Waals surface area contributed by atoms with Gasteiger partial charge in [-0.2, -0.15) is 0 Å². The van der Waals surface area contributed by atoms with Gasteiger partial charge in [0.15, 0.2) is 5.58 Å². The molecule has 0 bridgehead atoms. The molecule has 2 heterocycles. The van der Waals surface area contributed by atoms with Gasteiger partial charge in [-0.25, -0.2) is 4.98 Å². The monoisotopic (exact) mass is 213 g/mol. The van der Waals surface area contributed by atoms with Crippen LogP contribution in [0.15, 0.2) is 34.7 Å². The SMILES string of the molecule is COc1ccc2c(c1)oc1ccc(C)nc12. The molecule has 0 unspecified atom stereocenters. The van der Waals surface area contributed by atoms with E-state index in [2.05, 4.69) is 4.98 Å². The largest absolute Gasteiger partial charge is 0.497 e. The van der Waals surface area contributed by atoms with E-state index in [-0.39, 0.29) is 0 Å². The van der Waals surface area contributed by atoms with Crippen molar-refractivity contribution in [3.8, 4) is 5.75 Å². The lowest BCUT2D eigenvalue weighted by Gasteiger charge is -1.96. The Morgan fingerprint density at radius 3 is 2.81 bits per heavy atom. The van der Waals surface area contributed by atoms with E-state index in [1.54, 1.807) is 7.11 Å². The molecule has 3 aromatic rings. The van der Waals surface area contributed by atoms with Crippen LogP contribution in [0.25, 0.3) is 22.1 Å². The molecule has 0 aliphatic carbocycles. The summed E-state index contributed by atoms with van der Waals surface area (Å²) in [7, 11) is 1.65. The van der Waals surface area contributed by atoms with Gasteiger partial charge in [-0.3, -0.25) is 0 Å². The van der Waals surface area contributed by atoms with Crippen LogP contribution in [0.2, 0.25) is 0 Å². The number of aryl methyl sites for hydroxylation is 1. The summed E-state index contributed by atoms with van der Waals surface area (Å²) >= 11 is 0. The summed E-state index contributed by atoms with van der Waals surface area (Å²) in [6, 6.07) is 9.67. The predicted octanol–water partition coefficient (Wildman–Crippen LogP) is 3.30. The van der Waals surface area contributed by atoms with Gasteiger partial charge in [0.25, 0.3) is 0 Å². The number of benzene rings is 1. The Hall–Kier alpha value is -2.03. The average Bonchev–Trinajstić information content (AvgIpc) is 2.66. The summed E-state index contributed by atoms with van der Waals surface area (Å²) in [4.78, 5) is 4.48. The summed E-state index contributed by atoms with van der Waals surface area (Å²) in [5.41, 5.74) is 3.53. The fourth-order valence-corrected chi connectivity index (χ4v) is 1.85. The van der Waals surface area contributed by atoms with E-state index in [4.69, 9.17) is 9.15 Å². The zero-order valence-corrected chi connectivity index (χ0v) is 9.15. The van der Waals surface area contributed by atoms with Crippen molar-refractivity contribution in [2.75, 3.05) is 7.11 Å². The van der Waals surface area contributed by atoms with Crippen molar-refractivity contribution in [2.45, 2.75) is 6.92 Å². The molecule has 0 radical (unpaired) electrons. The molecule has 2 aromatic heterocycles. The highest BCUT2D eigenvalue weighted by molar-refractivity contribution is 6.02. The molecule has 0 N–H and O–H groups in total. The van der Waals surface area contributed by atoms with Crippen LogP contribution < -0.4 is 4.74 Å². The topological polar surface area (TPSA) is 35.3 Å². The summed E-state index contributed by atoms with van der Waals surface area (Å²) in [6.07, 6.45) is 0. The van der Waals surface area contributed by atoms with Crippen molar-refractivity contribution in [3.05, 3.63) is 36.0 Å². The predicted molar refractivity (Wildman–Crippen MR) is 62.8 cm³/mol. The Kier molecular flexibility index (Phi) is 1.86. The van der Waals surface area contributed by atoms with E-state index in [9.17, 15) is 0 Å². The molecule has 3 heteroatoms. The normalized spacial score (nSPS) is 11.1.